The predicted octanol–water partition coefficient (Wildman–Crippen LogP) is 2.30. The normalized spacial score (nSPS) is 13.7. The molecule has 1 aliphatic heterocycles. The van der Waals surface area contributed by atoms with Gasteiger partial charge >= 0.3 is 0 Å². The molecule has 0 saturated carbocycles. The molecule has 0 spiro atoms. The Morgan fingerprint density at radius 2 is 2.00 bits per heavy atom. The SMILES string of the molecule is O=C(CCn1nnc2ccccc2c1=O)N1CCCc2cccc(F)c21. The quantitative estimate of drug-likeness (QED) is 0.725. The minimum atomic E-state index is -0.391. The van der Waals surface area contributed by atoms with Gasteiger partial charge in [-0.1, -0.05) is 29.5 Å². The van der Waals surface area contributed by atoms with E-state index in [0.29, 0.717) is 23.1 Å². The fourth-order valence-electron chi connectivity index (χ4n) is 3.36. The third kappa shape index (κ3) is 2.85. The molecule has 0 saturated heterocycles. The number of para-hydroxylation sites is 1. The highest BCUT2D eigenvalue weighted by atomic mass is 19.1. The molecule has 0 atom stereocenters. The first kappa shape index (κ1) is 16.4. The summed E-state index contributed by atoms with van der Waals surface area (Å²) in [6.07, 6.45) is 1.60. The molecule has 1 aromatic heterocycles. The first-order valence-corrected chi connectivity index (χ1v) is 8.55. The molecular formula is C19H17FN4O2. The summed E-state index contributed by atoms with van der Waals surface area (Å²) in [5, 5.41) is 8.37. The van der Waals surface area contributed by atoms with Crippen molar-refractivity contribution in [2.75, 3.05) is 11.4 Å². The van der Waals surface area contributed by atoms with E-state index in [4.69, 9.17) is 0 Å². The van der Waals surface area contributed by atoms with Gasteiger partial charge in [-0.2, -0.15) is 0 Å². The lowest BCUT2D eigenvalue weighted by Crippen LogP contribution is -2.37. The van der Waals surface area contributed by atoms with E-state index >= 15 is 0 Å². The summed E-state index contributed by atoms with van der Waals surface area (Å²) in [4.78, 5) is 26.6. The second-order valence-corrected chi connectivity index (χ2v) is 6.28. The van der Waals surface area contributed by atoms with Crippen LogP contribution in [0.1, 0.15) is 18.4 Å². The summed E-state index contributed by atoms with van der Waals surface area (Å²) < 4.78 is 15.4. The lowest BCUT2D eigenvalue weighted by molar-refractivity contribution is -0.119. The number of carbonyl (C=O) groups is 1. The van der Waals surface area contributed by atoms with Crippen LogP contribution in [0.4, 0.5) is 10.1 Å². The van der Waals surface area contributed by atoms with Gasteiger partial charge in [0, 0.05) is 13.0 Å². The van der Waals surface area contributed by atoms with E-state index in [0.717, 1.165) is 18.4 Å². The van der Waals surface area contributed by atoms with Crippen molar-refractivity contribution >= 4 is 22.5 Å². The van der Waals surface area contributed by atoms with Crippen LogP contribution in [-0.4, -0.2) is 27.4 Å². The van der Waals surface area contributed by atoms with Gasteiger partial charge in [0.1, 0.15) is 11.3 Å². The number of benzene rings is 2. The number of carbonyl (C=O) groups excluding carboxylic acids is 1. The van der Waals surface area contributed by atoms with Crippen molar-refractivity contribution in [3.63, 3.8) is 0 Å². The van der Waals surface area contributed by atoms with Crippen LogP contribution in [0.15, 0.2) is 47.3 Å². The summed E-state index contributed by atoms with van der Waals surface area (Å²) >= 11 is 0. The second kappa shape index (κ2) is 6.67. The van der Waals surface area contributed by atoms with Gasteiger partial charge in [0.2, 0.25) is 5.91 Å². The molecule has 7 heteroatoms. The number of aromatic nitrogens is 3. The van der Waals surface area contributed by atoms with E-state index in [-0.39, 0.29) is 24.4 Å². The summed E-state index contributed by atoms with van der Waals surface area (Å²) in [5.74, 6) is -0.615. The van der Waals surface area contributed by atoms with E-state index in [1.165, 1.54) is 15.6 Å². The average Bonchev–Trinajstić information content (AvgIpc) is 2.67. The highest BCUT2D eigenvalue weighted by Gasteiger charge is 2.25. The van der Waals surface area contributed by atoms with Crippen LogP contribution in [0, 0.1) is 5.82 Å². The molecule has 2 heterocycles. The fourth-order valence-corrected chi connectivity index (χ4v) is 3.36. The number of nitrogens with zero attached hydrogens (tertiary/aromatic N) is 4. The van der Waals surface area contributed by atoms with Gasteiger partial charge in [-0.05, 0) is 36.6 Å². The van der Waals surface area contributed by atoms with Crippen LogP contribution in [0.3, 0.4) is 0 Å². The number of aryl methyl sites for hydroxylation is 2. The van der Waals surface area contributed by atoms with Crippen molar-refractivity contribution < 1.29 is 9.18 Å². The minimum absolute atomic E-state index is 0.0563. The topological polar surface area (TPSA) is 68.1 Å². The summed E-state index contributed by atoms with van der Waals surface area (Å²) in [6.45, 7) is 0.584. The third-order valence-corrected chi connectivity index (χ3v) is 4.64. The number of hydrogen-bond acceptors (Lipinski definition) is 4. The maximum atomic E-state index is 14.2. The van der Waals surface area contributed by atoms with Crippen LogP contribution in [-0.2, 0) is 17.8 Å². The molecule has 0 bridgehead atoms. The first-order chi connectivity index (χ1) is 12.6. The number of amides is 1. The van der Waals surface area contributed by atoms with Crippen molar-refractivity contribution in [1.82, 2.24) is 15.0 Å². The highest BCUT2D eigenvalue weighted by molar-refractivity contribution is 5.94. The van der Waals surface area contributed by atoms with Crippen molar-refractivity contribution in [3.8, 4) is 0 Å². The molecule has 6 nitrogen and oxygen atoms in total. The molecule has 132 valence electrons. The van der Waals surface area contributed by atoms with Gasteiger partial charge in [0.15, 0.2) is 0 Å². The molecule has 3 aromatic rings. The summed E-state index contributed by atoms with van der Waals surface area (Å²) in [6, 6.07) is 11.8. The zero-order chi connectivity index (χ0) is 18.1. The van der Waals surface area contributed by atoms with Gasteiger partial charge in [-0.25, -0.2) is 9.07 Å². The summed E-state index contributed by atoms with van der Waals surface area (Å²) in [5.41, 5.74) is 1.44. The van der Waals surface area contributed by atoms with Crippen LogP contribution in [0.5, 0.6) is 0 Å². The molecule has 0 unspecified atom stereocenters. The smallest absolute Gasteiger partial charge is 0.277 e. The predicted molar refractivity (Wildman–Crippen MR) is 95.5 cm³/mol. The van der Waals surface area contributed by atoms with E-state index in [1.54, 1.807) is 30.3 Å². The number of halogens is 1. The fraction of sp³-hybridized carbons (Fsp3) is 0.263. The first-order valence-electron chi connectivity index (χ1n) is 8.55. The molecule has 26 heavy (non-hydrogen) atoms. The van der Waals surface area contributed by atoms with Crippen molar-refractivity contribution in [2.24, 2.45) is 0 Å². The molecule has 0 N–H and O–H groups in total. The molecular weight excluding hydrogens is 335 g/mol. The Morgan fingerprint density at radius 1 is 1.15 bits per heavy atom. The van der Waals surface area contributed by atoms with Gasteiger partial charge in [-0.15, -0.1) is 5.10 Å². The monoisotopic (exact) mass is 352 g/mol. The van der Waals surface area contributed by atoms with Crippen molar-refractivity contribution in [2.45, 2.75) is 25.8 Å². The number of fused-ring (bicyclic) bond motifs is 2. The van der Waals surface area contributed by atoms with Crippen LogP contribution in [0.25, 0.3) is 10.9 Å². The van der Waals surface area contributed by atoms with Crippen molar-refractivity contribution in [3.05, 3.63) is 64.2 Å². The van der Waals surface area contributed by atoms with Crippen LogP contribution < -0.4 is 10.5 Å². The lowest BCUT2D eigenvalue weighted by atomic mass is 10.0. The Balaban J connectivity index is 1.56. The average molecular weight is 352 g/mol. The Labute approximate surface area is 148 Å². The van der Waals surface area contributed by atoms with Gasteiger partial charge < -0.3 is 4.90 Å². The standard InChI is InChI=1S/C19H17FN4O2/c20-15-8-3-5-13-6-4-11-23(18(13)15)17(25)10-12-24-19(26)14-7-1-2-9-16(14)21-22-24/h1-3,5,7-9H,4,6,10-12H2. The lowest BCUT2D eigenvalue weighted by Gasteiger charge is -2.29. The van der Waals surface area contributed by atoms with Gasteiger partial charge in [-0.3, -0.25) is 9.59 Å². The minimum Gasteiger partial charge on any atom is -0.309 e. The zero-order valence-electron chi connectivity index (χ0n) is 14.1. The molecule has 0 aliphatic carbocycles. The Hall–Kier alpha value is -3.09. The number of anilines is 1. The largest absolute Gasteiger partial charge is 0.309 e. The maximum Gasteiger partial charge on any atom is 0.277 e. The summed E-state index contributed by atoms with van der Waals surface area (Å²) in [7, 11) is 0. The third-order valence-electron chi connectivity index (χ3n) is 4.64. The van der Waals surface area contributed by atoms with E-state index in [9.17, 15) is 14.0 Å². The molecule has 2 aromatic carbocycles. The maximum absolute atomic E-state index is 14.2. The number of rotatable bonds is 3. The Morgan fingerprint density at radius 3 is 2.88 bits per heavy atom. The van der Waals surface area contributed by atoms with Gasteiger partial charge in [0.25, 0.3) is 5.56 Å². The van der Waals surface area contributed by atoms with Gasteiger partial charge in [0.05, 0.1) is 17.6 Å². The van der Waals surface area contributed by atoms with Crippen molar-refractivity contribution in [1.29, 1.82) is 0 Å². The van der Waals surface area contributed by atoms with E-state index in [1.807, 2.05) is 6.07 Å². The Bertz CT molecular complexity index is 1050. The zero-order valence-corrected chi connectivity index (χ0v) is 14.1. The highest BCUT2D eigenvalue weighted by Crippen LogP contribution is 2.30. The molecule has 0 radical (unpaired) electrons. The molecule has 1 aliphatic rings. The second-order valence-electron chi connectivity index (χ2n) is 6.28. The molecule has 4 rings (SSSR count). The van der Waals surface area contributed by atoms with E-state index < -0.39 is 5.82 Å². The molecule has 1 amide bonds. The van der Waals surface area contributed by atoms with E-state index in [2.05, 4.69) is 10.3 Å². The van der Waals surface area contributed by atoms with Crippen LogP contribution >= 0.6 is 0 Å². The molecule has 0 fully saturated rings. The Kier molecular flexibility index (Phi) is 4.20. The number of hydrogen-bond donors (Lipinski definition) is 0. The van der Waals surface area contributed by atoms with Crippen LogP contribution in [0.2, 0.25) is 0 Å².